The predicted molar refractivity (Wildman–Crippen MR) is 82.4 cm³/mol. The summed E-state index contributed by atoms with van der Waals surface area (Å²) in [7, 11) is 0. The van der Waals surface area contributed by atoms with E-state index in [0.29, 0.717) is 18.9 Å². The van der Waals surface area contributed by atoms with Crippen LogP contribution in [0, 0.1) is 0 Å². The zero-order valence-electron chi connectivity index (χ0n) is 12.5. The van der Waals surface area contributed by atoms with E-state index in [1.807, 2.05) is 12.1 Å². The second kappa shape index (κ2) is 5.39. The van der Waals surface area contributed by atoms with Crippen LogP contribution in [0.15, 0.2) is 24.3 Å². The van der Waals surface area contributed by atoms with Crippen molar-refractivity contribution in [1.82, 2.24) is 5.32 Å². The number of anilines is 2. The zero-order chi connectivity index (χ0) is 15.0. The second-order valence-corrected chi connectivity index (χ2v) is 5.94. The van der Waals surface area contributed by atoms with Crippen molar-refractivity contribution in [3.8, 4) is 0 Å². The molecule has 0 aliphatic carbocycles. The van der Waals surface area contributed by atoms with Crippen LogP contribution in [-0.2, 0) is 9.59 Å². The average molecular weight is 287 g/mol. The lowest BCUT2D eigenvalue weighted by atomic mass is 10.0. The fourth-order valence-corrected chi connectivity index (χ4v) is 3.25. The topological polar surface area (TPSA) is 52.6 Å². The average Bonchev–Trinajstić information content (AvgIpc) is 2.46. The van der Waals surface area contributed by atoms with Gasteiger partial charge in [-0.15, -0.1) is 0 Å². The number of nitrogens with one attached hydrogen (secondary N) is 1. The molecule has 5 nitrogen and oxygen atoms in total. The van der Waals surface area contributed by atoms with Crippen molar-refractivity contribution in [1.29, 1.82) is 0 Å². The van der Waals surface area contributed by atoms with Crippen LogP contribution in [0.2, 0.25) is 0 Å². The van der Waals surface area contributed by atoms with Crippen LogP contribution in [0.4, 0.5) is 11.4 Å². The number of rotatable bonds is 2. The van der Waals surface area contributed by atoms with Gasteiger partial charge in [0.05, 0.1) is 11.4 Å². The van der Waals surface area contributed by atoms with E-state index < -0.39 is 0 Å². The molecule has 0 aromatic heterocycles. The third kappa shape index (κ3) is 2.48. The fraction of sp³-hybridized carbons (Fsp3) is 0.500. The molecular weight excluding hydrogens is 266 g/mol. The molecule has 1 aromatic carbocycles. The van der Waals surface area contributed by atoms with E-state index in [1.165, 1.54) is 5.69 Å². The first-order valence-electron chi connectivity index (χ1n) is 7.54. The molecule has 1 saturated heterocycles. The number of piperidine rings is 1. The van der Waals surface area contributed by atoms with Crippen molar-refractivity contribution in [3.05, 3.63) is 24.3 Å². The minimum Gasteiger partial charge on any atom is -0.366 e. The molecule has 0 bridgehead atoms. The molecule has 5 heteroatoms. The number of nitrogens with zero attached hydrogens (tertiary/aromatic N) is 2. The Balaban J connectivity index is 1.92. The van der Waals surface area contributed by atoms with Gasteiger partial charge in [-0.25, -0.2) is 0 Å². The van der Waals surface area contributed by atoms with E-state index in [-0.39, 0.29) is 17.9 Å². The number of carbonyl (C=O) groups is 2. The van der Waals surface area contributed by atoms with Crippen LogP contribution >= 0.6 is 0 Å². The van der Waals surface area contributed by atoms with E-state index in [0.717, 1.165) is 18.8 Å². The fourth-order valence-electron chi connectivity index (χ4n) is 3.25. The summed E-state index contributed by atoms with van der Waals surface area (Å²) in [6.07, 6.45) is 1.02. The summed E-state index contributed by atoms with van der Waals surface area (Å²) >= 11 is 0. The Hall–Kier alpha value is -2.04. The Morgan fingerprint density at radius 1 is 1.14 bits per heavy atom. The molecule has 0 radical (unpaired) electrons. The SMILES string of the molecule is CC(C)N1CCN(C2CCC(=O)NC2=O)c2ccccc21. The number of amides is 2. The third-order valence-corrected chi connectivity index (χ3v) is 4.29. The summed E-state index contributed by atoms with van der Waals surface area (Å²) in [5.41, 5.74) is 2.26. The first kappa shape index (κ1) is 13.9. The van der Waals surface area contributed by atoms with Crippen LogP contribution in [0.3, 0.4) is 0 Å². The van der Waals surface area contributed by atoms with Gasteiger partial charge in [0, 0.05) is 25.6 Å². The lowest BCUT2D eigenvalue weighted by molar-refractivity contribution is -0.134. The van der Waals surface area contributed by atoms with Gasteiger partial charge in [0.15, 0.2) is 0 Å². The molecule has 2 aliphatic heterocycles. The summed E-state index contributed by atoms with van der Waals surface area (Å²) in [5.74, 6) is -0.329. The van der Waals surface area contributed by atoms with Gasteiger partial charge in [-0.3, -0.25) is 14.9 Å². The minimum atomic E-state index is -0.238. The van der Waals surface area contributed by atoms with E-state index in [9.17, 15) is 9.59 Å². The molecule has 2 amide bonds. The van der Waals surface area contributed by atoms with Crippen molar-refractivity contribution in [3.63, 3.8) is 0 Å². The molecule has 112 valence electrons. The van der Waals surface area contributed by atoms with Crippen molar-refractivity contribution < 1.29 is 9.59 Å². The number of fused-ring (bicyclic) bond motifs is 1. The first-order valence-corrected chi connectivity index (χ1v) is 7.54. The standard InChI is InChI=1S/C16H21N3O2/c1-11(2)18-9-10-19(13-6-4-3-5-12(13)18)14-7-8-15(20)17-16(14)21/h3-6,11,14H,7-10H2,1-2H3,(H,17,20,21). The largest absolute Gasteiger partial charge is 0.366 e. The monoisotopic (exact) mass is 287 g/mol. The number of hydrogen-bond donors (Lipinski definition) is 1. The maximum Gasteiger partial charge on any atom is 0.249 e. The van der Waals surface area contributed by atoms with Gasteiger partial charge in [0.1, 0.15) is 6.04 Å². The summed E-state index contributed by atoms with van der Waals surface area (Å²) in [5, 5.41) is 2.46. The van der Waals surface area contributed by atoms with E-state index in [1.54, 1.807) is 0 Å². The number of hydrogen-bond acceptors (Lipinski definition) is 4. The number of para-hydroxylation sites is 2. The molecule has 2 aliphatic rings. The Morgan fingerprint density at radius 2 is 1.86 bits per heavy atom. The van der Waals surface area contributed by atoms with E-state index >= 15 is 0 Å². The summed E-state index contributed by atoms with van der Waals surface area (Å²) in [4.78, 5) is 28.0. The molecule has 2 heterocycles. The van der Waals surface area contributed by atoms with Crippen LogP contribution in [0.25, 0.3) is 0 Å². The van der Waals surface area contributed by atoms with Gasteiger partial charge >= 0.3 is 0 Å². The Morgan fingerprint density at radius 3 is 2.52 bits per heavy atom. The van der Waals surface area contributed by atoms with Crippen molar-refractivity contribution in [2.75, 3.05) is 22.9 Å². The molecule has 21 heavy (non-hydrogen) atoms. The Labute approximate surface area is 124 Å². The Kier molecular flexibility index (Phi) is 3.57. The van der Waals surface area contributed by atoms with Gasteiger partial charge in [-0.2, -0.15) is 0 Å². The van der Waals surface area contributed by atoms with Crippen LogP contribution in [0.1, 0.15) is 26.7 Å². The van der Waals surface area contributed by atoms with Gasteiger partial charge in [-0.1, -0.05) is 12.1 Å². The molecule has 1 N–H and O–H groups in total. The Bertz CT molecular complexity index is 570. The van der Waals surface area contributed by atoms with Gasteiger partial charge in [0.2, 0.25) is 11.8 Å². The number of benzene rings is 1. The van der Waals surface area contributed by atoms with Gasteiger partial charge < -0.3 is 9.80 Å². The molecule has 3 rings (SSSR count). The summed E-state index contributed by atoms with van der Waals surface area (Å²) in [6, 6.07) is 8.39. The number of carbonyl (C=O) groups excluding carboxylic acids is 2. The lowest BCUT2D eigenvalue weighted by Crippen LogP contribution is -2.56. The van der Waals surface area contributed by atoms with E-state index in [2.05, 4.69) is 41.1 Å². The third-order valence-electron chi connectivity index (χ3n) is 4.29. The van der Waals surface area contributed by atoms with Gasteiger partial charge in [0.25, 0.3) is 0 Å². The first-order chi connectivity index (χ1) is 10.1. The maximum absolute atomic E-state index is 12.1. The van der Waals surface area contributed by atoms with Gasteiger partial charge in [-0.05, 0) is 32.4 Å². The van der Waals surface area contributed by atoms with Crippen molar-refractivity contribution in [2.24, 2.45) is 0 Å². The normalized spacial score (nSPS) is 22.3. The molecule has 1 aromatic rings. The highest BCUT2D eigenvalue weighted by atomic mass is 16.2. The predicted octanol–water partition coefficient (Wildman–Crippen LogP) is 1.53. The highest BCUT2D eigenvalue weighted by Gasteiger charge is 2.35. The molecule has 1 fully saturated rings. The highest BCUT2D eigenvalue weighted by molar-refractivity contribution is 6.02. The summed E-state index contributed by atoms with van der Waals surface area (Å²) < 4.78 is 0. The molecule has 1 atom stereocenters. The van der Waals surface area contributed by atoms with Crippen LogP contribution < -0.4 is 15.1 Å². The summed E-state index contributed by atoms with van der Waals surface area (Å²) in [6.45, 7) is 6.06. The maximum atomic E-state index is 12.1. The van der Waals surface area contributed by atoms with Crippen LogP contribution in [-0.4, -0.2) is 37.0 Å². The molecular formula is C16H21N3O2. The lowest BCUT2D eigenvalue weighted by Gasteiger charge is -2.44. The van der Waals surface area contributed by atoms with E-state index in [4.69, 9.17) is 0 Å². The zero-order valence-corrected chi connectivity index (χ0v) is 12.5. The van der Waals surface area contributed by atoms with Crippen LogP contribution in [0.5, 0.6) is 0 Å². The molecule has 0 spiro atoms. The second-order valence-electron chi connectivity index (χ2n) is 5.94. The molecule has 0 saturated carbocycles. The quantitative estimate of drug-likeness (QED) is 0.838. The van der Waals surface area contributed by atoms with Crippen molar-refractivity contribution >= 4 is 23.2 Å². The molecule has 1 unspecified atom stereocenters. The highest BCUT2D eigenvalue weighted by Crippen LogP contribution is 2.36. The minimum absolute atomic E-state index is 0.162. The smallest absolute Gasteiger partial charge is 0.249 e. The van der Waals surface area contributed by atoms with Crippen molar-refractivity contribution in [2.45, 2.75) is 38.8 Å². The number of imide groups is 1.